The molecule has 2 aromatic rings. The molecule has 0 saturated carbocycles. The molecule has 0 bridgehead atoms. The van der Waals surface area contributed by atoms with Crippen LogP contribution in [-0.2, 0) is 20.9 Å². The van der Waals surface area contributed by atoms with Crippen molar-refractivity contribution in [3.63, 3.8) is 0 Å². The molecule has 1 atom stereocenters. The molecule has 1 spiro atoms. The zero-order chi connectivity index (χ0) is 30.1. The Morgan fingerprint density at radius 3 is 2.20 bits per heavy atom. The third-order valence-electron chi connectivity index (χ3n) is 5.83. The van der Waals surface area contributed by atoms with Gasteiger partial charge in [0.05, 0.1) is 17.9 Å². The second-order valence-electron chi connectivity index (χ2n) is 8.85. The van der Waals surface area contributed by atoms with E-state index in [1.54, 1.807) is 12.3 Å². The van der Waals surface area contributed by atoms with E-state index in [1.807, 2.05) is 13.0 Å². The van der Waals surface area contributed by atoms with Crippen LogP contribution in [0.5, 0.6) is 5.88 Å². The molecule has 1 unspecified atom stereocenters. The number of rotatable bonds is 6. The van der Waals surface area contributed by atoms with Crippen molar-refractivity contribution < 1.29 is 60.0 Å². The molecule has 9 nitrogen and oxygen atoms in total. The number of nitrogens with zero attached hydrogens (tertiary/aromatic N) is 3. The summed E-state index contributed by atoms with van der Waals surface area (Å²) < 4.78 is 88.7. The van der Waals surface area contributed by atoms with E-state index < -0.39 is 30.1 Å². The first-order valence-corrected chi connectivity index (χ1v) is 11.7. The van der Waals surface area contributed by atoms with E-state index in [2.05, 4.69) is 27.0 Å². The van der Waals surface area contributed by atoms with Crippen molar-refractivity contribution in [1.29, 1.82) is 0 Å². The largest absolute Gasteiger partial charge is 0.490 e. The van der Waals surface area contributed by atoms with Crippen molar-refractivity contribution in [2.75, 3.05) is 26.3 Å². The molecule has 16 heteroatoms. The average molecular weight is 585 g/mol. The first kappa shape index (κ1) is 32.7. The predicted octanol–water partition coefficient (Wildman–Crippen LogP) is 4.25. The van der Waals surface area contributed by atoms with E-state index in [4.69, 9.17) is 29.3 Å². The van der Waals surface area contributed by atoms with Gasteiger partial charge in [0.25, 0.3) is 0 Å². The number of aliphatic carboxylic acids is 2. The minimum Gasteiger partial charge on any atom is -0.476 e. The summed E-state index contributed by atoms with van der Waals surface area (Å²) in [5, 5.41) is 14.2. The highest BCUT2D eigenvalue weighted by molar-refractivity contribution is 5.73. The number of carboxylic acid groups (broad SMARTS) is 2. The standard InChI is InChI=1S/C20H24FN3O2.2C2HF3O2/c1-15-4-2-5-17(23-15)12-24-13-20(14-24)16(8-11-26-20)7-10-25-19-18(21)6-3-9-22-19;2*3-2(4,5)1(6)7/h2-6,9,16H,7-8,10-14H2,1H3;2*(H,6,7). The van der Waals surface area contributed by atoms with Crippen LogP contribution in [0.4, 0.5) is 30.7 Å². The van der Waals surface area contributed by atoms with Crippen LogP contribution < -0.4 is 4.74 Å². The number of aryl methyl sites for hydroxylation is 1. The molecule has 40 heavy (non-hydrogen) atoms. The van der Waals surface area contributed by atoms with Crippen LogP contribution in [0, 0.1) is 18.7 Å². The van der Waals surface area contributed by atoms with Crippen molar-refractivity contribution in [1.82, 2.24) is 14.9 Å². The Kier molecular flexibility index (Phi) is 11.2. The Labute approximate surface area is 223 Å². The van der Waals surface area contributed by atoms with Crippen LogP contribution in [0.1, 0.15) is 24.2 Å². The lowest BCUT2D eigenvalue weighted by atomic mass is 9.79. The van der Waals surface area contributed by atoms with Crippen molar-refractivity contribution >= 4 is 11.9 Å². The molecular weight excluding hydrogens is 559 g/mol. The summed E-state index contributed by atoms with van der Waals surface area (Å²) in [6.07, 6.45) is -6.74. The number of likely N-dealkylation sites (tertiary alicyclic amines) is 1. The number of carbonyl (C=O) groups is 2. The highest BCUT2D eigenvalue weighted by atomic mass is 19.4. The number of carboxylic acids is 2. The number of hydrogen-bond acceptors (Lipinski definition) is 7. The van der Waals surface area contributed by atoms with E-state index in [1.165, 1.54) is 6.07 Å². The van der Waals surface area contributed by atoms with Crippen LogP contribution in [0.2, 0.25) is 0 Å². The molecule has 2 aromatic heterocycles. The zero-order valence-corrected chi connectivity index (χ0v) is 21.0. The van der Waals surface area contributed by atoms with Crippen molar-refractivity contribution in [3.05, 3.63) is 53.7 Å². The van der Waals surface area contributed by atoms with Gasteiger partial charge in [0.2, 0.25) is 5.88 Å². The molecule has 0 aliphatic carbocycles. The van der Waals surface area contributed by atoms with Gasteiger partial charge in [-0.05, 0) is 49.9 Å². The van der Waals surface area contributed by atoms with Gasteiger partial charge < -0.3 is 19.7 Å². The van der Waals surface area contributed by atoms with Gasteiger partial charge >= 0.3 is 24.3 Å². The van der Waals surface area contributed by atoms with Gasteiger partial charge in [-0.2, -0.15) is 26.3 Å². The summed E-state index contributed by atoms with van der Waals surface area (Å²) in [5.41, 5.74) is 2.07. The number of halogens is 7. The Balaban J connectivity index is 0.000000333. The number of ether oxygens (including phenoxy) is 2. The highest BCUT2D eigenvalue weighted by Gasteiger charge is 2.52. The fourth-order valence-corrected chi connectivity index (χ4v) is 4.06. The number of hydrogen-bond donors (Lipinski definition) is 2. The minimum atomic E-state index is -5.08. The summed E-state index contributed by atoms with van der Waals surface area (Å²) in [4.78, 5) is 28.7. The first-order chi connectivity index (χ1) is 18.5. The van der Waals surface area contributed by atoms with Gasteiger partial charge in [-0.15, -0.1) is 0 Å². The van der Waals surface area contributed by atoms with E-state index in [0.717, 1.165) is 50.5 Å². The Morgan fingerprint density at radius 2 is 1.68 bits per heavy atom. The zero-order valence-electron chi connectivity index (χ0n) is 21.0. The maximum absolute atomic E-state index is 13.6. The normalized spacial score (nSPS) is 18.1. The van der Waals surface area contributed by atoms with E-state index in [-0.39, 0.29) is 11.5 Å². The highest BCUT2D eigenvalue weighted by Crippen LogP contribution is 2.42. The lowest BCUT2D eigenvalue weighted by Gasteiger charge is -2.50. The molecule has 0 aromatic carbocycles. The number of aromatic nitrogens is 2. The second-order valence-corrected chi connectivity index (χ2v) is 8.85. The van der Waals surface area contributed by atoms with Gasteiger partial charge in [0.1, 0.15) is 0 Å². The molecule has 222 valence electrons. The summed E-state index contributed by atoms with van der Waals surface area (Å²) in [5.74, 6) is -5.40. The van der Waals surface area contributed by atoms with Gasteiger partial charge in [0, 0.05) is 38.1 Å². The SMILES string of the molecule is Cc1cccc(CN2CC3(C2)OCCC3CCOc2ncccc2F)n1.O=C(O)C(F)(F)F.O=C(O)C(F)(F)F. The van der Waals surface area contributed by atoms with E-state index in [9.17, 15) is 30.7 Å². The summed E-state index contributed by atoms with van der Waals surface area (Å²) >= 11 is 0. The molecule has 4 heterocycles. The van der Waals surface area contributed by atoms with Crippen LogP contribution >= 0.6 is 0 Å². The van der Waals surface area contributed by atoms with Gasteiger partial charge in [-0.25, -0.2) is 19.0 Å². The van der Waals surface area contributed by atoms with Crippen LogP contribution in [-0.4, -0.2) is 81.3 Å². The third kappa shape index (κ3) is 9.89. The van der Waals surface area contributed by atoms with Gasteiger partial charge in [-0.3, -0.25) is 9.88 Å². The molecule has 2 fully saturated rings. The molecule has 4 rings (SSSR count). The minimum absolute atomic E-state index is 0.0736. The maximum atomic E-state index is 13.6. The van der Waals surface area contributed by atoms with Crippen molar-refractivity contribution in [2.45, 2.75) is 44.3 Å². The lowest BCUT2D eigenvalue weighted by Crippen LogP contribution is -2.64. The van der Waals surface area contributed by atoms with Gasteiger partial charge in [0.15, 0.2) is 5.82 Å². The lowest BCUT2D eigenvalue weighted by molar-refractivity contribution is -0.193. The number of alkyl halides is 6. The Hall–Kier alpha value is -3.53. The molecule has 0 radical (unpaired) electrons. The third-order valence-corrected chi connectivity index (χ3v) is 5.83. The first-order valence-electron chi connectivity index (χ1n) is 11.7. The number of pyridine rings is 2. The van der Waals surface area contributed by atoms with Crippen molar-refractivity contribution in [2.24, 2.45) is 5.92 Å². The molecular formula is C24H26F7N3O6. The molecule has 0 amide bonds. The summed E-state index contributed by atoms with van der Waals surface area (Å²) in [6.45, 7) is 5.97. The monoisotopic (exact) mass is 585 g/mol. The topological polar surface area (TPSA) is 122 Å². The van der Waals surface area contributed by atoms with Crippen molar-refractivity contribution in [3.8, 4) is 5.88 Å². The Morgan fingerprint density at radius 1 is 1.07 bits per heavy atom. The Bertz CT molecular complexity index is 1120. The molecule has 2 saturated heterocycles. The second kappa shape index (κ2) is 13.7. The van der Waals surface area contributed by atoms with Gasteiger partial charge in [-0.1, -0.05) is 6.07 Å². The maximum Gasteiger partial charge on any atom is 0.490 e. The fourth-order valence-electron chi connectivity index (χ4n) is 4.06. The predicted molar refractivity (Wildman–Crippen MR) is 123 cm³/mol. The molecule has 2 aliphatic heterocycles. The van der Waals surface area contributed by atoms with E-state index in [0.29, 0.717) is 12.5 Å². The van der Waals surface area contributed by atoms with Crippen LogP contribution in [0.25, 0.3) is 0 Å². The van der Waals surface area contributed by atoms with Crippen LogP contribution in [0.3, 0.4) is 0 Å². The quantitative estimate of drug-likeness (QED) is 0.479. The van der Waals surface area contributed by atoms with Crippen LogP contribution in [0.15, 0.2) is 36.5 Å². The molecule has 2 N–H and O–H groups in total. The average Bonchev–Trinajstić information content (AvgIpc) is 3.23. The van der Waals surface area contributed by atoms with E-state index >= 15 is 0 Å². The molecule has 2 aliphatic rings. The smallest absolute Gasteiger partial charge is 0.476 e. The fraction of sp³-hybridized carbons (Fsp3) is 0.500. The summed E-state index contributed by atoms with van der Waals surface area (Å²) in [7, 11) is 0. The summed E-state index contributed by atoms with van der Waals surface area (Å²) in [6, 6.07) is 9.07.